The number of aryl methyl sites for hydroxylation is 2. The van der Waals surface area contributed by atoms with E-state index in [0.29, 0.717) is 0 Å². The number of thiophene rings is 1. The van der Waals surface area contributed by atoms with Gasteiger partial charge in [-0.25, -0.2) is 0 Å². The van der Waals surface area contributed by atoms with Gasteiger partial charge in [0.25, 0.3) is 5.91 Å². The van der Waals surface area contributed by atoms with Crippen LogP contribution >= 0.6 is 11.3 Å². The summed E-state index contributed by atoms with van der Waals surface area (Å²) in [5.41, 5.74) is 2.14. The largest absolute Gasteiger partial charge is 0.361 e. The normalized spacial score (nSPS) is 16.4. The maximum atomic E-state index is 12.3. The van der Waals surface area contributed by atoms with Crippen molar-refractivity contribution in [2.24, 2.45) is 0 Å². The van der Waals surface area contributed by atoms with Gasteiger partial charge < -0.3 is 9.42 Å². The van der Waals surface area contributed by atoms with E-state index in [-0.39, 0.29) is 5.91 Å². The second-order valence-corrected chi connectivity index (χ2v) is 6.30. The lowest BCUT2D eigenvalue weighted by Crippen LogP contribution is -2.48. The predicted molar refractivity (Wildman–Crippen MR) is 81.5 cm³/mol. The third-order valence-electron chi connectivity index (χ3n) is 3.95. The number of rotatable bonds is 3. The van der Waals surface area contributed by atoms with Gasteiger partial charge in [0.15, 0.2) is 0 Å². The second-order valence-electron chi connectivity index (χ2n) is 5.35. The molecule has 1 fully saturated rings. The molecule has 3 heterocycles. The Morgan fingerprint density at radius 1 is 1.33 bits per heavy atom. The van der Waals surface area contributed by atoms with Crippen molar-refractivity contribution in [3.8, 4) is 0 Å². The van der Waals surface area contributed by atoms with E-state index >= 15 is 0 Å². The first-order chi connectivity index (χ1) is 10.1. The lowest BCUT2D eigenvalue weighted by atomic mass is 10.2. The summed E-state index contributed by atoms with van der Waals surface area (Å²) in [6, 6.07) is 3.81. The van der Waals surface area contributed by atoms with Gasteiger partial charge in [0.05, 0.1) is 10.6 Å². The molecule has 1 saturated heterocycles. The highest BCUT2D eigenvalue weighted by Gasteiger charge is 2.23. The maximum Gasteiger partial charge on any atom is 0.264 e. The molecule has 2 aromatic rings. The van der Waals surface area contributed by atoms with Crippen LogP contribution in [-0.4, -0.2) is 47.0 Å². The Kier molecular flexibility index (Phi) is 4.07. The molecule has 0 aliphatic carbocycles. The SMILES string of the molecule is Cc1noc(C)c1CN1CCN(C(=O)c2cccs2)CC1. The molecule has 1 aliphatic heterocycles. The monoisotopic (exact) mass is 305 g/mol. The molecule has 5 nitrogen and oxygen atoms in total. The molecule has 0 bridgehead atoms. The zero-order chi connectivity index (χ0) is 14.8. The van der Waals surface area contributed by atoms with Crippen LogP contribution in [0, 0.1) is 13.8 Å². The van der Waals surface area contributed by atoms with E-state index in [0.717, 1.165) is 49.1 Å². The number of carbonyl (C=O) groups excluding carboxylic acids is 1. The average Bonchev–Trinajstić information content (AvgIpc) is 3.13. The molecule has 0 unspecified atom stereocenters. The van der Waals surface area contributed by atoms with Gasteiger partial charge in [-0.05, 0) is 25.3 Å². The summed E-state index contributed by atoms with van der Waals surface area (Å²) < 4.78 is 5.21. The summed E-state index contributed by atoms with van der Waals surface area (Å²) in [5, 5.41) is 5.94. The second kappa shape index (κ2) is 5.99. The van der Waals surface area contributed by atoms with Crippen LogP contribution in [0.2, 0.25) is 0 Å². The molecule has 0 radical (unpaired) electrons. The molecule has 0 atom stereocenters. The molecular formula is C15H19N3O2S. The van der Waals surface area contributed by atoms with Crippen molar-refractivity contribution < 1.29 is 9.32 Å². The van der Waals surface area contributed by atoms with E-state index < -0.39 is 0 Å². The fourth-order valence-electron chi connectivity index (χ4n) is 2.62. The summed E-state index contributed by atoms with van der Waals surface area (Å²) in [6.07, 6.45) is 0. The highest BCUT2D eigenvalue weighted by atomic mass is 32.1. The van der Waals surface area contributed by atoms with Crippen molar-refractivity contribution in [1.29, 1.82) is 0 Å². The van der Waals surface area contributed by atoms with Crippen LogP contribution in [0.15, 0.2) is 22.0 Å². The van der Waals surface area contributed by atoms with Crippen LogP contribution in [0.5, 0.6) is 0 Å². The fraction of sp³-hybridized carbons (Fsp3) is 0.467. The van der Waals surface area contributed by atoms with E-state index in [9.17, 15) is 4.79 Å². The predicted octanol–water partition coefficient (Wildman–Crippen LogP) is 2.31. The number of hydrogen-bond acceptors (Lipinski definition) is 5. The van der Waals surface area contributed by atoms with Gasteiger partial charge in [-0.1, -0.05) is 11.2 Å². The summed E-state index contributed by atoms with van der Waals surface area (Å²) in [5.74, 6) is 1.05. The standard InChI is InChI=1S/C15H19N3O2S/c1-11-13(12(2)20-16-11)10-17-5-7-18(8-6-17)15(19)14-4-3-9-21-14/h3-4,9H,5-8,10H2,1-2H3. The van der Waals surface area contributed by atoms with Gasteiger partial charge in [-0.15, -0.1) is 11.3 Å². The van der Waals surface area contributed by atoms with Gasteiger partial charge in [0.2, 0.25) is 0 Å². The Morgan fingerprint density at radius 2 is 2.10 bits per heavy atom. The van der Waals surface area contributed by atoms with E-state index in [1.54, 1.807) is 0 Å². The van der Waals surface area contributed by atoms with Crippen LogP contribution in [0.3, 0.4) is 0 Å². The molecule has 2 aromatic heterocycles. The minimum Gasteiger partial charge on any atom is -0.361 e. The Bertz CT molecular complexity index is 593. The number of hydrogen-bond donors (Lipinski definition) is 0. The van der Waals surface area contributed by atoms with Crippen LogP contribution in [0.1, 0.15) is 26.7 Å². The Hall–Kier alpha value is -1.66. The third kappa shape index (κ3) is 3.01. The molecule has 0 aromatic carbocycles. The number of carbonyl (C=O) groups is 1. The van der Waals surface area contributed by atoms with Gasteiger partial charge in [-0.3, -0.25) is 9.69 Å². The van der Waals surface area contributed by atoms with Gasteiger partial charge in [0, 0.05) is 38.3 Å². The summed E-state index contributed by atoms with van der Waals surface area (Å²) >= 11 is 1.51. The Labute approximate surface area is 128 Å². The van der Waals surface area contributed by atoms with E-state index in [1.807, 2.05) is 36.3 Å². The molecule has 1 aliphatic rings. The first kappa shape index (κ1) is 14.3. The van der Waals surface area contributed by atoms with Crippen molar-refractivity contribution in [3.63, 3.8) is 0 Å². The van der Waals surface area contributed by atoms with E-state index in [2.05, 4.69) is 10.1 Å². The molecule has 0 saturated carbocycles. The lowest BCUT2D eigenvalue weighted by molar-refractivity contribution is 0.0632. The average molecular weight is 305 g/mol. The molecule has 6 heteroatoms. The minimum absolute atomic E-state index is 0.155. The minimum atomic E-state index is 0.155. The molecule has 21 heavy (non-hydrogen) atoms. The molecule has 112 valence electrons. The zero-order valence-electron chi connectivity index (χ0n) is 12.3. The first-order valence-corrected chi connectivity index (χ1v) is 8.00. The quantitative estimate of drug-likeness (QED) is 0.873. The van der Waals surface area contributed by atoms with Crippen LogP contribution < -0.4 is 0 Å². The lowest BCUT2D eigenvalue weighted by Gasteiger charge is -2.34. The van der Waals surface area contributed by atoms with Crippen molar-refractivity contribution in [2.45, 2.75) is 20.4 Å². The smallest absolute Gasteiger partial charge is 0.264 e. The first-order valence-electron chi connectivity index (χ1n) is 7.12. The van der Waals surface area contributed by atoms with Crippen molar-refractivity contribution in [3.05, 3.63) is 39.4 Å². The maximum absolute atomic E-state index is 12.3. The topological polar surface area (TPSA) is 49.6 Å². The number of aromatic nitrogens is 1. The highest BCUT2D eigenvalue weighted by molar-refractivity contribution is 7.12. The van der Waals surface area contributed by atoms with Crippen LogP contribution in [0.4, 0.5) is 0 Å². The highest BCUT2D eigenvalue weighted by Crippen LogP contribution is 2.18. The molecule has 0 spiro atoms. The number of amides is 1. The van der Waals surface area contributed by atoms with Gasteiger partial charge in [0.1, 0.15) is 5.76 Å². The summed E-state index contributed by atoms with van der Waals surface area (Å²) in [4.78, 5) is 17.4. The number of nitrogens with zero attached hydrogens (tertiary/aromatic N) is 3. The third-order valence-corrected chi connectivity index (χ3v) is 4.81. The van der Waals surface area contributed by atoms with Gasteiger partial charge >= 0.3 is 0 Å². The van der Waals surface area contributed by atoms with Crippen LogP contribution in [-0.2, 0) is 6.54 Å². The van der Waals surface area contributed by atoms with Crippen molar-refractivity contribution >= 4 is 17.2 Å². The fourth-order valence-corrected chi connectivity index (χ4v) is 3.31. The molecular weight excluding hydrogens is 286 g/mol. The zero-order valence-corrected chi connectivity index (χ0v) is 13.2. The van der Waals surface area contributed by atoms with Crippen molar-refractivity contribution in [2.75, 3.05) is 26.2 Å². The van der Waals surface area contributed by atoms with Gasteiger partial charge in [-0.2, -0.15) is 0 Å². The van der Waals surface area contributed by atoms with Crippen LogP contribution in [0.25, 0.3) is 0 Å². The molecule has 3 rings (SSSR count). The van der Waals surface area contributed by atoms with E-state index in [4.69, 9.17) is 4.52 Å². The molecule has 1 amide bonds. The van der Waals surface area contributed by atoms with E-state index in [1.165, 1.54) is 16.9 Å². The number of piperazine rings is 1. The Balaban J connectivity index is 1.57. The molecule has 0 N–H and O–H groups in total. The summed E-state index contributed by atoms with van der Waals surface area (Å²) in [7, 11) is 0. The van der Waals surface area contributed by atoms with Crippen molar-refractivity contribution in [1.82, 2.24) is 15.0 Å². The summed E-state index contributed by atoms with van der Waals surface area (Å²) in [6.45, 7) is 8.11. The Morgan fingerprint density at radius 3 is 2.67 bits per heavy atom.